The Morgan fingerprint density at radius 1 is 1.35 bits per heavy atom. The summed E-state index contributed by atoms with van der Waals surface area (Å²) in [6.45, 7) is 4.74. The second-order valence-electron chi connectivity index (χ2n) is 6.66. The molecule has 0 aliphatic carbocycles. The molecule has 1 aromatic carbocycles. The maximum atomic E-state index is 12.6. The summed E-state index contributed by atoms with van der Waals surface area (Å²) in [5.74, 6) is 0.286. The highest BCUT2D eigenvalue weighted by molar-refractivity contribution is 6.31. The molecule has 1 aliphatic heterocycles. The maximum Gasteiger partial charge on any atom is 0.243 e. The first kappa shape index (κ1) is 18.5. The van der Waals surface area contributed by atoms with Crippen LogP contribution in [0, 0.1) is 13.8 Å². The Morgan fingerprint density at radius 3 is 2.85 bits per heavy atom. The molecule has 1 N–H and O–H groups in total. The molecule has 2 amide bonds. The number of aromatic nitrogens is 1. The van der Waals surface area contributed by atoms with Gasteiger partial charge in [-0.2, -0.15) is 0 Å². The zero-order valence-electron chi connectivity index (χ0n) is 14.9. The second kappa shape index (κ2) is 7.91. The standard InChI is InChI=1S/C19H22ClN3O3/c1-12-8-14(5-6-16(12)20)11-21-19(25)17-4-3-7-23(17)18(24)10-15-9-13(2)22-26-15/h5-6,8-9,17H,3-4,7,10-11H2,1-2H3,(H,21,25). The number of carbonyl (C=O) groups excluding carboxylic acids is 2. The highest BCUT2D eigenvalue weighted by Gasteiger charge is 2.34. The van der Waals surface area contributed by atoms with Gasteiger partial charge in [0.1, 0.15) is 11.8 Å². The number of likely N-dealkylation sites (tertiary alicyclic amines) is 1. The van der Waals surface area contributed by atoms with Crippen molar-refractivity contribution in [3.05, 3.63) is 51.9 Å². The zero-order chi connectivity index (χ0) is 18.7. The average molecular weight is 376 g/mol. The molecule has 2 aromatic rings. The van der Waals surface area contributed by atoms with Crippen LogP contribution in [-0.4, -0.2) is 34.5 Å². The van der Waals surface area contributed by atoms with Crippen LogP contribution < -0.4 is 5.32 Å². The Balaban J connectivity index is 1.58. The molecule has 0 bridgehead atoms. The van der Waals surface area contributed by atoms with E-state index in [4.69, 9.17) is 16.1 Å². The molecule has 1 aromatic heterocycles. The van der Waals surface area contributed by atoms with Crippen LogP contribution in [-0.2, 0) is 22.6 Å². The number of amides is 2. The monoisotopic (exact) mass is 375 g/mol. The average Bonchev–Trinajstić information content (AvgIpc) is 3.24. The van der Waals surface area contributed by atoms with E-state index in [1.54, 1.807) is 11.0 Å². The van der Waals surface area contributed by atoms with E-state index in [1.165, 1.54) is 0 Å². The Hall–Kier alpha value is -2.34. The van der Waals surface area contributed by atoms with Gasteiger partial charge in [-0.25, -0.2) is 0 Å². The lowest BCUT2D eigenvalue weighted by Crippen LogP contribution is -2.46. The van der Waals surface area contributed by atoms with Crippen molar-refractivity contribution in [1.82, 2.24) is 15.4 Å². The molecule has 1 saturated heterocycles. The largest absolute Gasteiger partial charge is 0.361 e. The summed E-state index contributed by atoms with van der Waals surface area (Å²) in [6.07, 6.45) is 1.62. The van der Waals surface area contributed by atoms with Gasteiger partial charge in [-0.1, -0.05) is 28.9 Å². The Kier molecular flexibility index (Phi) is 5.61. The molecule has 26 heavy (non-hydrogen) atoms. The molecule has 3 rings (SSSR count). The molecule has 0 spiro atoms. The van der Waals surface area contributed by atoms with Gasteiger partial charge in [0.05, 0.1) is 12.1 Å². The smallest absolute Gasteiger partial charge is 0.243 e. The van der Waals surface area contributed by atoms with E-state index in [2.05, 4.69) is 10.5 Å². The number of carbonyl (C=O) groups is 2. The SMILES string of the molecule is Cc1cc(CC(=O)N2CCCC2C(=O)NCc2ccc(Cl)c(C)c2)on1. The van der Waals surface area contributed by atoms with Crippen molar-refractivity contribution in [3.8, 4) is 0 Å². The predicted octanol–water partition coefficient (Wildman–Crippen LogP) is 2.79. The van der Waals surface area contributed by atoms with E-state index in [-0.39, 0.29) is 18.2 Å². The minimum absolute atomic E-state index is 0.110. The van der Waals surface area contributed by atoms with Crippen molar-refractivity contribution in [1.29, 1.82) is 0 Å². The van der Waals surface area contributed by atoms with Crippen LogP contribution >= 0.6 is 11.6 Å². The van der Waals surface area contributed by atoms with Gasteiger partial charge in [0.15, 0.2) is 0 Å². The highest BCUT2D eigenvalue weighted by Crippen LogP contribution is 2.20. The summed E-state index contributed by atoms with van der Waals surface area (Å²) in [5, 5.41) is 7.42. The maximum absolute atomic E-state index is 12.6. The van der Waals surface area contributed by atoms with Crippen molar-refractivity contribution >= 4 is 23.4 Å². The van der Waals surface area contributed by atoms with Crippen molar-refractivity contribution in [2.24, 2.45) is 0 Å². The molecule has 6 nitrogen and oxygen atoms in total. The van der Waals surface area contributed by atoms with E-state index in [1.807, 2.05) is 32.0 Å². The van der Waals surface area contributed by atoms with Gasteiger partial charge in [0.25, 0.3) is 0 Å². The minimum atomic E-state index is -0.431. The van der Waals surface area contributed by atoms with Crippen molar-refractivity contribution < 1.29 is 14.1 Å². The first-order valence-corrected chi connectivity index (χ1v) is 9.06. The molecule has 1 aliphatic rings. The van der Waals surface area contributed by atoms with Gasteiger partial charge >= 0.3 is 0 Å². The van der Waals surface area contributed by atoms with Gasteiger partial charge in [-0.05, 0) is 43.9 Å². The lowest BCUT2D eigenvalue weighted by Gasteiger charge is -2.23. The number of aryl methyl sites for hydroxylation is 2. The fourth-order valence-electron chi connectivity index (χ4n) is 3.21. The third-order valence-corrected chi connectivity index (χ3v) is 4.99. The Labute approximate surface area is 157 Å². The third kappa shape index (κ3) is 4.25. The molecule has 0 saturated carbocycles. The first-order valence-electron chi connectivity index (χ1n) is 8.68. The molecular weight excluding hydrogens is 354 g/mol. The number of benzene rings is 1. The molecular formula is C19H22ClN3O3. The fourth-order valence-corrected chi connectivity index (χ4v) is 3.33. The molecule has 1 unspecified atom stereocenters. The Morgan fingerprint density at radius 2 is 2.15 bits per heavy atom. The van der Waals surface area contributed by atoms with Crippen LogP contribution in [0.5, 0.6) is 0 Å². The van der Waals surface area contributed by atoms with Gasteiger partial charge < -0.3 is 14.7 Å². The quantitative estimate of drug-likeness (QED) is 0.871. The van der Waals surface area contributed by atoms with Crippen molar-refractivity contribution in [3.63, 3.8) is 0 Å². The van der Waals surface area contributed by atoms with Crippen LogP contribution in [0.1, 0.15) is 35.4 Å². The molecule has 1 fully saturated rings. The third-order valence-electron chi connectivity index (χ3n) is 4.57. The molecule has 7 heteroatoms. The molecule has 138 valence electrons. The van der Waals surface area contributed by atoms with Crippen LogP contribution in [0.3, 0.4) is 0 Å². The van der Waals surface area contributed by atoms with E-state index < -0.39 is 6.04 Å². The highest BCUT2D eigenvalue weighted by atomic mass is 35.5. The van der Waals surface area contributed by atoms with Crippen LogP contribution in [0.25, 0.3) is 0 Å². The number of hydrogen-bond acceptors (Lipinski definition) is 4. The lowest BCUT2D eigenvalue weighted by molar-refractivity contribution is -0.138. The second-order valence-corrected chi connectivity index (χ2v) is 7.07. The van der Waals surface area contributed by atoms with Gasteiger partial charge in [-0.15, -0.1) is 0 Å². The zero-order valence-corrected chi connectivity index (χ0v) is 15.7. The van der Waals surface area contributed by atoms with Gasteiger partial charge in [0, 0.05) is 24.2 Å². The van der Waals surface area contributed by atoms with Gasteiger partial charge in [0.2, 0.25) is 11.8 Å². The van der Waals surface area contributed by atoms with Gasteiger partial charge in [-0.3, -0.25) is 9.59 Å². The number of nitrogens with zero attached hydrogens (tertiary/aromatic N) is 2. The van der Waals surface area contributed by atoms with Crippen LogP contribution in [0.15, 0.2) is 28.8 Å². The number of hydrogen-bond donors (Lipinski definition) is 1. The summed E-state index contributed by atoms with van der Waals surface area (Å²) >= 11 is 6.03. The predicted molar refractivity (Wildman–Crippen MR) is 97.7 cm³/mol. The van der Waals surface area contributed by atoms with E-state index in [9.17, 15) is 9.59 Å². The normalized spacial score (nSPS) is 16.7. The number of rotatable bonds is 5. The topological polar surface area (TPSA) is 75.4 Å². The first-order chi connectivity index (χ1) is 12.4. The van der Waals surface area contributed by atoms with E-state index >= 15 is 0 Å². The van der Waals surface area contributed by atoms with Crippen molar-refractivity contribution in [2.45, 2.75) is 45.7 Å². The van der Waals surface area contributed by atoms with Crippen LogP contribution in [0.2, 0.25) is 5.02 Å². The minimum Gasteiger partial charge on any atom is -0.361 e. The summed E-state index contributed by atoms with van der Waals surface area (Å²) in [6, 6.07) is 6.97. The Bertz CT molecular complexity index is 818. The fraction of sp³-hybridized carbons (Fsp3) is 0.421. The summed E-state index contributed by atoms with van der Waals surface area (Å²) < 4.78 is 5.11. The molecule has 0 radical (unpaired) electrons. The summed E-state index contributed by atoms with van der Waals surface area (Å²) in [7, 11) is 0. The van der Waals surface area contributed by atoms with Crippen molar-refractivity contribution in [2.75, 3.05) is 6.54 Å². The van der Waals surface area contributed by atoms with E-state index in [0.717, 1.165) is 23.2 Å². The lowest BCUT2D eigenvalue weighted by atomic mass is 10.1. The van der Waals surface area contributed by atoms with E-state index in [0.29, 0.717) is 30.3 Å². The molecule has 1 atom stereocenters. The summed E-state index contributed by atoms with van der Waals surface area (Å²) in [4.78, 5) is 26.8. The summed E-state index contributed by atoms with van der Waals surface area (Å²) in [5.41, 5.74) is 2.69. The number of halogens is 1. The van der Waals surface area contributed by atoms with Crippen LogP contribution in [0.4, 0.5) is 0 Å². The molecule has 2 heterocycles. The number of nitrogens with one attached hydrogen (secondary N) is 1.